The number of rotatable bonds is 11. The van der Waals surface area contributed by atoms with Crippen molar-refractivity contribution in [3.05, 3.63) is 81.8 Å². The summed E-state index contributed by atoms with van der Waals surface area (Å²) in [4.78, 5) is 19.1. The lowest BCUT2D eigenvalue weighted by molar-refractivity contribution is -0.384. The Morgan fingerprint density at radius 1 is 1.03 bits per heavy atom. The average molecular weight is 549 g/mol. The minimum atomic E-state index is -4.84. The fourth-order valence-electron chi connectivity index (χ4n) is 4.49. The van der Waals surface area contributed by atoms with Gasteiger partial charge in [0.15, 0.2) is 0 Å². The Morgan fingerprint density at radius 2 is 1.79 bits per heavy atom. The first kappa shape index (κ1) is 28.0. The molecule has 3 N–H and O–H groups in total. The van der Waals surface area contributed by atoms with E-state index in [2.05, 4.69) is 30.7 Å². The van der Waals surface area contributed by atoms with Gasteiger partial charge >= 0.3 is 12.0 Å². The van der Waals surface area contributed by atoms with Crippen molar-refractivity contribution in [1.29, 1.82) is 0 Å². The summed E-state index contributed by atoms with van der Waals surface area (Å²) in [5.74, 6) is -0.297. The molecule has 0 unspecified atom stereocenters. The van der Waals surface area contributed by atoms with Gasteiger partial charge in [-0.2, -0.15) is 4.98 Å². The third kappa shape index (κ3) is 8.50. The van der Waals surface area contributed by atoms with Crippen molar-refractivity contribution >= 4 is 17.5 Å². The summed E-state index contributed by atoms with van der Waals surface area (Å²) in [6.07, 6.45) is -0.155. The molecule has 1 aliphatic rings. The van der Waals surface area contributed by atoms with Crippen LogP contribution in [0.15, 0.2) is 54.7 Å². The second kappa shape index (κ2) is 12.7. The number of nitrogens with zero attached hydrogens (tertiary/aromatic N) is 3. The first-order valence-corrected chi connectivity index (χ1v) is 12.5. The van der Waals surface area contributed by atoms with Crippen molar-refractivity contribution < 1.29 is 27.2 Å². The van der Waals surface area contributed by atoms with Gasteiger partial charge in [0.1, 0.15) is 17.8 Å². The summed E-state index contributed by atoms with van der Waals surface area (Å²) in [6.45, 7) is 0.966. The number of aromatic nitrogens is 2. The largest absolute Gasteiger partial charge is 0.573 e. The number of para-hydroxylation sites is 1. The molecule has 1 aromatic heterocycles. The molecule has 0 amide bonds. The van der Waals surface area contributed by atoms with Gasteiger partial charge in [0.05, 0.1) is 4.92 Å². The first-order valence-electron chi connectivity index (χ1n) is 12.5. The zero-order valence-corrected chi connectivity index (χ0v) is 20.9. The monoisotopic (exact) mass is 548 g/mol. The van der Waals surface area contributed by atoms with Gasteiger partial charge in [-0.1, -0.05) is 30.3 Å². The molecule has 39 heavy (non-hydrogen) atoms. The maximum Gasteiger partial charge on any atom is 0.573 e. The van der Waals surface area contributed by atoms with E-state index < -0.39 is 11.3 Å². The molecule has 0 spiro atoms. The fraction of sp³-hybridized carbons (Fsp3) is 0.385. The molecule has 9 nitrogen and oxygen atoms in total. The van der Waals surface area contributed by atoms with Crippen LogP contribution >= 0.6 is 0 Å². The van der Waals surface area contributed by atoms with Crippen molar-refractivity contribution in [2.75, 3.05) is 17.2 Å². The van der Waals surface area contributed by atoms with Crippen LogP contribution in [0.4, 0.5) is 35.0 Å². The molecule has 0 saturated heterocycles. The van der Waals surface area contributed by atoms with E-state index in [-0.39, 0.29) is 47.0 Å². The van der Waals surface area contributed by atoms with Gasteiger partial charge in [-0.05, 0) is 55.4 Å². The normalized spacial score (nSPS) is 17.4. The van der Waals surface area contributed by atoms with E-state index in [0.29, 0.717) is 19.1 Å². The van der Waals surface area contributed by atoms with Crippen molar-refractivity contribution in [2.24, 2.45) is 5.92 Å². The van der Waals surface area contributed by atoms with Crippen LogP contribution in [0, 0.1) is 21.8 Å². The number of anilines is 2. The number of hydrogen-bond donors (Lipinski definition) is 3. The van der Waals surface area contributed by atoms with Gasteiger partial charge in [-0.3, -0.25) is 10.1 Å². The standard InChI is InChI=1S/C26H28F4N6O3/c27-20-6-3-4-18(12-20)14-31-21-10-8-17(9-11-21)13-32-24-22(36(37)38)16-34-25(35-24)33-15-19-5-1-2-7-23(19)39-26(28,29)30/h1-7,12,16-17,21,31H,8-11,13-15H2,(H2,32,33,34,35). The highest BCUT2D eigenvalue weighted by Crippen LogP contribution is 2.29. The maximum atomic E-state index is 13.4. The highest BCUT2D eigenvalue weighted by Gasteiger charge is 2.32. The molecule has 13 heteroatoms. The van der Waals surface area contributed by atoms with Crippen LogP contribution in [0.3, 0.4) is 0 Å². The van der Waals surface area contributed by atoms with Gasteiger partial charge < -0.3 is 20.7 Å². The molecule has 1 saturated carbocycles. The molecule has 4 rings (SSSR count). The number of nitrogens with one attached hydrogen (secondary N) is 3. The van der Waals surface area contributed by atoms with Gasteiger partial charge in [-0.15, -0.1) is 13.2 Å². The van der Waals surface area contributed by atoms with Crippen molar-refractivity contribution in [1.82, 2.24) is 15.3 Å². The van der Waals surface area contributed by atoms with Crippen LogP contribution in [0.5, 0.6) is 5.75 Å². The van der Waals surface area contributed by atoms with E-state index in [0.717, 1.165) is 37.4 Å². The molecular weight excluding hydrogens is 520 g/mol. The van der Waals surface area contributed by atoms with Crippen LogP contribution in [0.2, 0.25) is 0 Å². The van der Waals surface area contributed by atoms with Crippen molar-refractivity contribution in [3.63, 3.8) is 0 Å². The molecule has 0 aliphatic heterocycles. The van der Waals surface area contributed by atoms with E-state index in [1.807, 2.05) is 6.07 Å². The number of nitro groups is 1. The third-order valence-corrected chi connectivity index (χ3v) is 6.49. The Balaban J connectivity index is 1.31. The second-order valence-corrected chi connectivity index (χ2v) is 9.30. The number of hydrogen-bond acceptors (Lipinski definition) is 8. The summed E-state index contributed by atoms with van der Waals surface area (Å²) in [7, 11) is 0. The Labute approximate surface area is 222 Å². The smallest absolute Gasteiger partial charge is 0.405 e. The molecule has 1 aliphatic carbocycles. The SMILES string of the molecule is O=[N+]([O-])c1cnc(NCc2ccccc2OC(F)(F)F)nc1NCC1CCC(NCc2cccc(F)c2)CC1. The Kier molecular flexibility index (Phi) is 9.12. The zero-order chi connectivity index (χ0) is 27.8. The summed E-state index contributed by atoms with van der Waals surface area (Å²) < 4.78 is 55.5. The van der Waals surface area contributed by atoms with Crippen LogP contribution in [-0.4, -0.2) is 33.8 Å². The molecule has 0 radical (unpaired) electrons. The van der Waals surface area contributed by atoms with Gasteiger partial charge in [0.2, 0.25) is 11.8 Å². The predicted octanol–water partition coefficient (Wildman–Crippen LogP) is 5.80. The lowest BCUT2D eigenvalue weighted by atomic mass is 9.86. The minimum Gasteiger partial charge on any atom is -0.405 e. The summed E-state index contributed by atoms with van der Waals surface area (Å²) in [5.41, 5.74) is 0.802. The van der Waals surface area contributed by atoms with Gasteiger partial charge in [0.25, 0.3) is 0 Å². The highest BCUT2D eigenvalue weighted by atomic mass is 19.4. The number of ether oxygens (including phenoxy) is 1. The van der Waals surface area contributed by atoms with Crippen LogP contribution < -0.4 is 20.7 Å². The van der Waals surface area contributed by atoms with Gasteiger partial charge in [-0.25, -0.2) is 9.37 Å². The Bertz CT molecular complexity index is 1270. The minimum absolute atomic E-state index is 0.0233. The highest BCUT2D eigenvalue weighted by molar-refractivity contribution is 5.57. The molecular formula is C26H28F4N6O3. The van der Waals surface area contributed by atoms with Crippen molar-refractivity contribution in [3.8, 4) is 5.75 Å². The molecule has 2 aromatic carbocycles. The maximum absolute atomic E-state index is 13.4. The third-order valence-electron chi connectivity index (χ3n) is 6.49. The number of benzene rings is 2. The van der Waals surface area contributed by atoms with Crippen LogP contribution in [0.1, 0.15) is 36.8 Å². The molecule has 208 valence electrons. The van der Waals surface area contributed by atoms with E-state index in [1.165, 1.54) is 30.3 Å². The van der Waals surface area contributed by atoms with Crippen molar-refractivity contribution in [2.45, 2.75) is 51.2 Å². The number of halogens is 4. The van der Waals surface area contributed by atoms with Crippen LogP contribution in [0.25, 0.3) is 0 Å². The van der Waals surface area contributed by atoms with E-state index in [9.17, 15) is 27.7 Å². The molecule has 1 heterocycles. The number of alkyl halides is 3. The Hall–Kier alpha value is -4.00. The molecule has 3 aromatic rings. The molecule has 0 bridgehead atoms. The topological polar surface area (TPSA) is 114 Å². The Morgan fingerprint density at radius 3 is 2.51 bits per heavy atom. The predicted molar refractivity (Wildman–Crippen MR) is 137 cm³/mol. The van der Waals surface area contributed by atoms with Gasteiger partial charge in [0, 0.05) is 31.2 Å². The summed E-state index contributed by atoms with van der Waals surface area (Å²) >= 11 is 0. The lowest BCUT2D eigenvalue weighted by Gasteiger charge is -2.29. The zero-order valence-electron chi connectivity index (χ0n) is 20.9. The lowest BCUT2D eigenvalue weighted by Crippen LogP contribution is -2.34. The fourth-order valence-corrected chi connectivity index (χ4v) is 4.49. The van der Waals surface area contributed by atoms with E-state index >= 15 is 0 Å². The van der Waals surface area contributed by atoms with Crippen LogP contribution in [-0.2, 0) is 13.1 Å². The second-order valence-electron chi connectivity index (χ2n) is 9.30. The van der Waals surface area contributed by atoms with E-state index in [4.69, 9.17) is 0 Å². The molecule has 1 fully saturated rings. The van der Waals surface area contributed by atoms with E-state index in [1.54, 1.807) is 12.1 Å². The summed E-state index contributed by atoms with van der Waals surface area (Å²) in [5, 5.41) is 20.8. The molecule has 0 atom stereocenters. The average Bonchev–Trinajstić information content (AvgIpc) is 2.90. The quantitative estimate of drug-likeness (QED) is 0.157. The summed E-state index contributed by atoms with van der Waals surface area (Å²) in [6, 6.07) is 12.4. The first-order chi connectivity index (χ1) is 18.7.